The van der Waals surface area contributed by atoms with Crippen molar-refractivity contribution in [2.24, 2.45) is 10.9 Å². The maximum atomic E-state index is 12.7. The molecule has 1 fully saturated rings. The molecule has 0 bridgehead atoms. The van der Waals surface area contributed by atoms with Crippen LogP contribution in [-0.2, 0) is 20.9 Å². The Hall–Kier alpha value is -3.20. The van der Waals surface area contributed by atoms with Crippen LogP contribution in [0.2, 0.25) is 0 Å². The summed E-state index contributed by atoms with van der Waals surface area (Å²) in [5, 5.41) is 8.44. The molecule has 2 N–H and O–H groups in total. The second kappa shape index (κ2) is 7.81. The summed E-state index contributed by atoms with van der Waals surface area (Å²) >= 11 is 0. The van der Waals surface area contributed by atoms with Crippen molar-refractivity contribution in [1.29, 1.82) is 0 Å². The molecule has 0 spiro atoms. The van der Waals surface area contributed by atoms with Gasteiger partial charge in [0.15, 0.2) is 0 Å². The van der Waals surface area contributed by atoms with Crippen molar-refractivity contribution in [3.63, 3.8) is 0 Å². The van der Waals surface area contributed by atoms with Crippen molar-refractivity contribution < 1.29 is 14.3 Å². The molecule has 1 atom stereocenters. The molecule has 4 rings (SSSR count). The number of anilines is 2. The van der Waals surface area contributed by atoms with Crippen LogP contribution in [0.1, 0.15) is 12.0 Å². The van der Waals surface area contributed by atoms with E-state index in [-0.39, 0.29) is 18.3 Å². The highest BCUT2D eigenvalue weighted by atomic mass is 16.5. The Labute approximate surface area is 162 Å². The van der Waals surface area contributed by atoms with E-state index in [4.69, 9.17) is 4.74 Å². The van der Waals surface area contributed by atoms with E-state index in [9.17, 15) is 9.59 Å². The van der Waals surface area contributed by atoms with Gasteiger partial charge in [0.05, 0.1) is 18.5 Å². The number of rotatable bonds is 5. The fourth-order valence-electron chi connectivity index (χ4n) is 3.18. The quantitative estimate of drug-likeness (QED) is 0.807. The number of carbonyl (C=O) groups is 2. The lowest BCUT2D eigenvalue weighted by molar-refractivity contribution is -0.118. The van der Waals surface area contributed by atoms with Crippen LogP contribution in [-0.4, -0.2) is 47.2 Å². The number of amides is 2. The van der Waals surface area contributed by atoms with Crippen molar-refractivity contribution >= 4 is 29.2 Å². The van der Waals surface area contributed by atoms with E-state index in [0.29, 0.717) is 30.6 Å². The maximum absolute atomic E-state index is 12.7. The molecule has 0 aliphatic carbocycles. The van der Waals surface area contributed by atoms with E-state index >= 15 is 0 Å². The Morgan fingerprint density at radius 1 is 1.32 bits per heavy atom. The monoisotopic (exact) mass is 382 g/mol. The zero-order chi connectivity index (χ0) is 19.5. The van der Waals surface area contributed by atoms with Gasteiger partial charge in [-0.25, -0.2) is 9.69 Å². The van der Waals surface area contributed by atoms with Gasteiger partial charge in [-0.2, -0.15) is 5.10 Å². The van der Waals surface area contributed by atoms with Crippen molar-refractivity contribution in [2.75, 3.05) is 30.1 Å². The zero-order valence-corrected chi connectivity index (χ0v) is 15.6. The van der Waals surface area contributed by atoms with Crippen LogP contribution in [0, 0.1) is 12.8 Å². The van der Waals surface area contributed by atoms with Gasteiger partial charge in [-0.1, -0.05) is 17.7 Å². The third-order valence-electron chi connectivity index (χ3n) is 4.76. The van der Waals surface area contributed by atoms with Gasteiger partial charge in [-0.3, -0.25) is 20.0 Å². The molecule has 2 aromatic rings. The van der Waals surface area contributed by atoms with Gasteiger partial charge in [0.2, 0.25) is 5.84 Å². The largest absolute Gasteiger partial charge is 0.381 e. The standard InChI is InChI=1S/C19H22N6O3/c1-13-2-4-15(5-3-13)25-17(26)10-20-18(23-25)19(27)22-16-6-8-21-24(16)11-14-7-9-28-12-14/h2-6,8,14H,7,9-12H2,1H3,(H,20,23)(H,22,27). The van der Waals surface area contributed by atoms with E-state index in [1.165, 1.54) is 5.01 Å². The van der Waals surface area contributed by atoms with Crippen LogP contribution in [0.25, 0.3) is 0 Å². The molecule has 2 aliphatic heterocycles. The summed E-state index contributed by atoms with van der Waals surface area (Å²) in [4.78, 5) is 29.0. The lowest BCUT2D eigenvalue weighted by Crippen LogP contribution is -2.54. The normalized spacial score (nSPS) is 19.3. The first-order valence-corrected chi connectivity index (χ1v) is 9.22. The van der Waals surface area contributed by atoms with Crippen LogP contribution >= 0.6 is 0 Å². The van der Waals surface area contributed by atoms with Gasteiger partial charge in [0.25, 0.3) is 11.8 Å². The van der Waals surface area contributed by atoms with Gasteiger partial charge in [0, 0.05) is 25.1 Å². The second-order valence-electron chi connectivity index (χ2n) is 6.92. The molecule has 3 heterocycles. The summed E-state index contributed by atoms with van der Waals surface area (Å²) in [5.74, 6) is 0.397. The van der Waals surface area contributed by atoms with Crippen LogP contribution in [0.5, 0.6) is 0 Å². The number of carbonyl (C=O) groups excluding carboxylic acids is 2. The molecule has 1 unspecified atom stereocenters. The number of ether oxygens (including phenoxy) is 1. The molecule has 9 nitrogen and oxygen atoms in total. The SMILES string of the molecule is Cc1ccc(N2NC(C(=O)Nc3ccnn3CC3CCOC3)=NCC2=O)cc1. The van der Waals surface area contributed by atoms with E-state index in [1.807, 2.05) is 31.2 Å². The summed E-state index contributed by atoms with van der Waals surface area (Å²) in [6, 6.07) is 9.18. The summed E-state index contributed by atoms with van der Waals surface area (Å²) in [6.07, 6.45) is 2.62. The van der Waals surface area contributed by atoms with Crippen molar-refractivity contribution in [1.82, 2.24) is 15.2 Å². The van der Waals surface area contributed by atoms with Crippen LogP contribution in [0.15, 0.2) is 41.5 Å². The Morgan fingerprint density at radius 3 is 2.89 bits per heavy atom. The number of hydrogen-bond acceptors (Lipinski definition) is 6. The Balaban J connectivity index is 1.44. The zero-order valence-electron chi connectivity index (χ0n) is 15.6. The average molecular weight is 382 g/mol. The highest BCUT2D eigenvalue weighted by Gasteiger charge is 2.26. The average Bonchev–Trinajstić information content (AvgIpc) is 3.36. The number of benzene rings is 1. The first-order chi connectivity index (χ1) is 13.6. The minimum absolute atomic E-state index is 0.0807. The van der Waals surface area contributed by atoms with E-state index in [0.717, 1.165) is 18.6 Å². The highest BCUT2D eigenvalue weighted by Crippen LogP contribution is 2.18. The summed E-state index contributed by atoms with van der Waals surface area (Å²) in [7, 11) is 0. The van der Waals surface area contributed by atoms with E-state index in [1.54, 1.807) is 16.9 Å². The second-order valence-corrected chi connectivity index (χ2v) is 6.92. The highest BCUT2D eigenvalue weighted by molar-refractivity contribution is 6.43. The number of nitrogens with one attached hydrogen (secondary N) is 2. The molecule has 1 aromatic heterocycles. The van der Waals surface area contributed by atoms with Crippen LogP contribution < -0.4 is 15.8 Å². The predicted octanol–water partition coefficient (Wildman–Crippen LogP) is 1.12. The van der Waals surface area contributed by atoms with E-state index < -0.39 is 5.91 Å². The number of aryl methyl sites for hydroxylation is 1. The Morgan fingerprint density at radius 2 is 2.14 bits per heavy atom. The smallest absolute Gasteiger partial charge is 0.293 e. The van der Waals surface area contributed by atoms with Crippen LogP contribution in [0.3, 0.4) is 0 Å². The molecule has 2 amide bonds. The number of nitrogens with zero attached hydrogens (tertiary/aromatic N) is 4. The number of hydrogen-bond donors (Lipinski definition) is 2. The third kappa shape index (κ3) is 3.89. The first-order valence-electron chi connectivity index (χ1n) is 9.22. The van der Waals surface area contributed by atoms with Gasteiger partial charge in [0.1, 0.15) is 12.4 Å². The summed E-state index contributed by atoms with van der Waals surface area (Å²) < 4.78 is 7.15. The van der Waals surface area contributed by atoms with Gasteiger partial charge in [-0.05, 0) is 25.5 Å². The molecule has 1 saturated heterocycles. The number of aliphatic imine (C=N–C) groups is 1. The van der Waals surface area contributed by atoms with Crippen molar-refractivity contribution in [2.45, 2.75) is 19.9 Å². The molecule has 0 saturated carbocycles. The topological polar surface area (TPSA) is 101 Å². The van der Waals surface area contributed by atoms with Crippen molar-refractivity contribution in [3.8, 4) is 0 Å². The third-order valence-corrected chi connectivity index (χ3v) is 4.76. The molecular weight excluding hydrogens is 360 g/mol. The fraction of sp³-hybridized carbons (Fsp3) is 0.368. The van der Waals surface area contributed by atoms with Crippen LogP contribution in [0.4, 0.5) is 11.5 Å². The molecule has 1 aromatic carbocycles. The number of hydrazine groups is 1. The van der Waals surface area contributed by atoms with Gasteiger partial charge >= 0.3 is 0 Å². The molecule has 9 heteroatoms. The summed E-state index contributed by atoms with van der Waals surface area (Å²) in [6.45, 7) is 4.02. The molecule has 146 valence electrons. The minimum Gasteiger partial charge on any atom is -0.381 e. The Kier molecular flexibility index (Phi) is 5.07. The lowest BCUT2D eigenvalue weighted by Gasteiger charge is -2.27. The molecule has 2 aliphatic rings. The fourth-order valence-corrected chi connectivity index (χ4v) is 3.18. The molecule has 28 heavy (non-hydrogen) atoms. The van der Waals surface area contributed by atoms with Gasteiger partial charge in [-0.15, -0.1) is 0 Å². The molecule has 0 radical (unpaired) electrons. The lowest BCUT2D eigenvalue weighted by atomic mass is 10.1. The molecular formula is C19H22N6O3. The minimum atomic E-state index is -0.422. The Bertz CT molecular complexity index is 899. The van der Waals surface area contributed by atoms with Crippen molar-refractivity contribution in [3.05, 3.63) is 42.1 Å². The number of amidine groups is 1. The maximum Gasteiger partial charge on any atom is 0.293 e. The predicted molar refractivity (Wildman–Crippen MR) is 104 cm³/mol. The van der Waals surface area contributed by atoms with Gasteiger partial charge < -0.3 is 10.1 Å². The summed E-state index contributed by atoms with van der Waals surface area (Å²) in [5.41, 5.74) is 4.55. The number of aromatic nitrogens is 2. The van der Waals surface area contributed by atoms with E-state index in [2.05, 4.69) is 20.8 Å². The first kappa shape index (κ1) is 18.2.